The summed E-state index contributed by atoms with van der Waals surface area (Å²) in [4.78, 5) is 4.05. The van der Waals surface area contributed by atoms with Crippen LogP contribution >= 0.6 is 0 Å². The third-order valence-corrected chi connectivity index (χ3v) is 2.75. The monoisotopic (exact) mass is 252 g/mol. The molecule has 4 nitrogen and oxygen atoms in total. The van der Waals surface area contributed by atoms with Crippen LogP contribution < -0.4 is 5.73 Å². The van der Waals surface area contributed by atoms with Crippen molar-refractivity contribution < 1.29 is 8.78 Å². The molecule has 2 aromatic rings. The van der Waals surface area contributed by atoms with Gasteiger partial charge in [-0.05, 0) is 18.1 Å². The Bertz CT molecular complexity index is 539. The van der Waals surface area contributed by atoms with E-state index in [2.05, 4.69) is 10.1 Å². The van der Waals surface area contributed by atoms with Gasteiger partial charge in [-0.25, -0.2) is 13.8 Å². The standard InChI is InChI=1S/C12H14F2N4/c1-18-12(16-7-17-18)6-10(15)4-8-2-3-9(13)5-11(8)14/h2-3,5,7,10H,4,6,15H2,1H3. The fourth-order valence-corrected chi connectivity index (χ4v) is 1.78. The average Bonchev–Trinajstić information content (AvgIpc) is 2.69. The van der Waals surface area contributed by atoms with Gasteiger partial charge in [0.2, 0.25) is 0 Å². The summed E-state index contributed by atoms with van der Waals surface area (Å²) in [6.45, 7) is 0. The predicted octanol–water partition coefficient (Wildman–Crippen LogP) is 1.21. The maximum atomic E-state index is 13.4. The Labute approximate surface area is 103 Å². The van der Waals surface area contributed by atoms with Gasteiger partial charge in [0.1, 0.15) is 23.8 Å². The summed E-state index contributed by atoms with van der Waals surface area (Å²) in [7, 11) is 1.77. The fraction of sp³-hybridized carbons (Fsp3) is 0.333. The van der Waals surface area contributed by atoms with Gasteiger partial charge in [0.25, 0.3) is 0 Å². The van der Waals surface area contributed by atoms with Crippen molar-refractivity contribution in [2.45, 2.75) is 18.9 Å². The highest BCUT2D eigenvalue weighted by atomic mass is 19.1. The number of hydrogen-bond donors (Lipinski definition) is 1. The van der Waals surface area contributed by atoms with Crippen LogP contribution in [0, 0.1) is 11.6 Å². The van der Waals surface area contributed by atoms with Crippen molar-refractivity contribution in [1.82, 2.24) is 14.8 Å². The number of aryl methyl sites for hydroxylation is 1. The molecule has 1 unspecified atom stereocenters. The molecule has 0 aliphatic carbocycles. The molecule has 0 amide bonds. The van der Waals surface area contributed by atoms with Gasteiger partial charge in [0.05, 0.1) is 0 Å². The normalized spacial score (nSPS) is 12.7. The van der Waals surface area contributed by atoms with E-state index in [0.717, 1.165) is 11.9 Å². The molecular formula is C12H14F2N4. The van der Waals surface area contributed by atoms with Crippen LogP contribution in [-0.2, 0) is 19.9 Å². The zero-order valence-corrected chi connectivity index (χ0v) is 9.98. The largest absolute Gasteiger partial charge is 0.327 e. The Morgan fingerprint density at radius 1 is 1.33 bits per heavy atom. The summed E-state index contributed by atoms with van der Waals surface area (Å²) in [5.41, 5.74) is 6.34. The fourth-order valence-electron chi connectivity index (χ4n) is 1.78. The van der Waals surface area contributed by atoms with Crippen molar-refractivity contribution in [2.75, 3.05) is 0 Å². The van der Waals surface area contributed by atoms with Crippen LogP contribution in [0.2, 0.25) is 0 Å². The number of halogens is 2. The second-order valence-electron chi connectivity index (χ2n) is 4.20. The highest BCUT2D eigenvalue weighted by Gasteiger charge is 2.12. The Morgan fingerprint density at radius 2 is 2.11 bits per heavy atom. The SMILES string of the molecule is Cn1ncnc1CC(N)Cc1ccc(F)cc1F. The van der Waals surface area contributed by atoms with Crippen molar-refractivity contribution >= 4 is 0 Å². The van der Waals surface area contributed by atoms with E-state index in [-0.39, 0.29) is 6.04 Å². The topological polar surface area (TPSA) is 56.7 Å². The van der Waals surface area contributed by atoms with Crippen molar-refractivity contribution in [3.8, 4) is 0 Å². The van der Waals surface area contributed by atoms with Gasteiger partial charge in [-0.3, -0.25) is 4.68 Å². The molecule has 0 aliphatic rings. The summed E-state index contributed by atoms with van der Waals surface area (Å²) in [6.07, 6.45) is 2.27. The zero-order valence-electron chi connectivity index (χ0n) is 9.98. The van der Waals surface area contributed by atoms with Crippen LogP contribution in [0.5, 0.6) is 0 Å². The molecule has 2 rings (SSSR count). The molecule has 0 fully saturated rings. The van der Waals surface area contributed by atoms with Gasteiger partial charge in [-0.1, -0.05) is 6.07 Å². The molecule has 0 bridgehead atoms. The van der Waals surface area contributed by atoms with E-state index in [1.54, 1.807) is 11.7 Å². The molecule has 1 atom stereocenters. The van der Waals surface area contributed by atoms with E-state index < -0.39 is 11.6 Å². The lowest BCUT2D eigenvalue weighted by Gasteiger charge is -2.11. The van der Waals surface area contributed by atoms with Gasteiger partial charge in [0, 0.05) is 25.6 Å². The lowest BCUT2D eigenvalue weighted by molar-refractivity contribution is 0.550. The Hall–Kier alpha value is -1.82. The molecule has 0 radical (unpaired) electrons. The number of aromatic nitrogens is 3. The first kappa shape index (κ1) is 12.6. The van der Waals surface area contributed by atoms with Crippen LogP contribution in [0.3, 0.4) is 0 Å². The summed E-state index contributed by atoms with van der Waals surface area (Å²) in [5.74, 6) is -0.411. The summed E-state index contributed by atoms with van der Waals surface area (Å²) >= 11 is 0. The van der Waals surface area contributed by atoms with Crippen LogP contribution in [0.1, 0.15) is 11.4 Å². The minimum atomic E-state index is -0.585. The van der Waals surface area contributed by atoms with Crippen molar-refractivity contribution in [3.05, 3.63) is 47.5 Å². The van der Waals surface area contributed by atoms with E-state index in [9.17, 15) is 8.78 Å². The average molecular weight is 252 g/mol. The third kappa shape index (κ3) is 2.89. The van der Waals surface area contributed by atoms with Crippen molar-refractivity contribution in [1.29, 1.82) is 0 Å². The highest BCUT2D eigenvalue weighted by molar-refractivity contribution is 5.19. The van der Waals surface area contributed by atoms with E-state index >= 15 is 0 Å². The lowest BCUT2D eigenvalue weighted by atomic mass is 10.0. The number of benzene rings is 1. The molecule has 2 N–H and O–H groups in total. The van der Waals surface area contributed by atoms with Crippen molar-refractivity contribution in [3.63, 3.8) is 0 Å². The highest BCUT2D eigenvalue weighted by Crippen LogP contribution is 2.12. The third-order valence-electron chi connectivity index (χ3n) is 2.75. The smallest absolute Gasteiger partial charge is 0.138 e. The molecule has 1 heterocycles. The first-order chi connectivity index (χ1) is 8.56. The van der Waals surface area contributed by atoms with E-state index in [1.807, 2.05) is 0 Å². The van der Waals surface area contributed by atoms with E-state index in [0.29, 0.717) is 18.4 Å². The molecule has 18 heavy (non-hydrogen) atoms. The van der Waals surface area contributed by atoms with E-state index in [4.69, 9.17) is 5.73 Å². The second kappa shape index (κ2) is 5.22. The van der Waals surface area contributed by atoms with Crippen LogP contribution in [0.15, 0.2) is 24.5 Å². The first-order valence-electron chi connectivity index (χ1n) is 5.58. The molecule has 0 aliphatic heterocycles. The molecule has 1 aromatic heterocycles. The summed E-state index contributed by atoms with van der Waals surface area (Å²) in [6, 6.07) is 3.23. The molecule has 0 saturated carbocycles. The van der Waals surface area contributed by atoms with Crippen LogP contribution in [0.25, 0.3) is 0 Å². The number of nitrogens with zero attached hydrogens (tertiary/aromatic N) is 3. The Balaban J connectivity index is 2.03. The zero-order chi connectivity index (χ0) is 13.1. The first-order valence-corrected chi connectivity index (χ1v) is 5.58. The summed E-state index contributed by atoms with van der Waals surface area (Å²) < 4.78 is 27.8. The minimum Gasteiger partial charge on any atom is -0.327 e. The second-order valence-corrected chi connectivity index (χ2v) is 4.20. The van der Waals surface area contributed by atoms with Gasteiger partial charge in [-0.2, -0.15) is 5.10 Å². The molecular weight excluding hydrogens is 238 g/mol. The van der Waals surface area contributed by atoms with E-state index in [1.165, 1.54) is 18.5 Å². The maximum Gasteiger partial charge on any atom is 0.138 e. The van der Waals surface area contributed by atoms with Gasteiger partial charge >= 0.3 is 0 Å². The van der Waals surface area contributed by atoms with Gasteiger partial charge in [0.15, 0.2) is 0 Å². The number of hydrogen-bond acceptors (Lipinski definition) is 3. The molecule has 0 saturated heterocycles. The van der Waals surface area contributed by atoms with Crippen LogP contribution in [-0.4, -0.2) is 20.8 Å². The maximum absolute atomic E-state index is 13.4. The minimum absolute atomic E-state index is 0.284. The Kier molecular flexibility index (Phi) is 3.66. The molecule has 96 valence electrons. The van der Waals surface area contributed by atoms with Crippen molar-refractivity contribution in [2.24, 2.45) is 12.8 Å². The quantitative estimate of drug-likeness (QED) is 0.889. The molecule has 0 spiro atoms. The molecule has 1 aromatic carbocycles. The number of rotatable bonds is 4. The predicted molar refractivity (Wildman–Crippen MR) is 62.7 cm³/mol. The van der Waals surface area contributed by atoms with Gasteiger partial charge < -0.3 is 5.73 Å². The number of nitrogens with two attached hydrogens (primary N) is 1. The van der Waals surface area contributed by atoms with Gasteiger partial charge in [-0.15, -0.1) is 0 Å². The van der Waals surface area contributed by atoms with Crippen LogP contribution in [0.4, 0.5) is 8.78 Å². The Morgan fingerprint density at radius 3 is 2.72 bits per heavy atom. The summed E-state index contributed by atoms with van der Waals surface area (Å²) in [5, 5.41) is 3.93. The lowest BCUT2D eigenvalue weighted by Crippen LogP contribution is -2.27. The molecule has 6 heteroatoms.